The molecule has 0 spiro atoms. The first-order valence-corrected chi connectivity index (χ1v) is 12.2. The fourth-order valence-electron chi connectivity index (χ4n) is 5.27. The van der Waals surface area contributed by atoms with E-state index >= 15 is 0 Å². The number of amides is 2. The first-order valence-electron chi connectivity index (χ1n) is 12.2. The first-order chi connectivity index (χ1) is 15.1. The van der Waals surface area contributed by atoms with E-state index in [1.165, 1.54) is 19.3 Å². The number of carbonyl (C=O) groups excluding carboxylic acids is 2. The molecule has 168 valence electrons. The van der Waals surface area contributed by atoms with E-state index in [0.29, 0.717) is 23.8 Å². The minimum absolute atomic E-state index is 0.0318. The maximum absolute atomic E-state index is 13.7. The Morgan fingerprint density at radius 3 is 2.29 bits per heavy atom. The molecule has 1 atom stereocenters. The minimum atomic E-state index is -0.104. The molecule has 1 aromatic rings. The Hall–Kier alpha value is -2.30. The van der Waals surface area contributed by atoms with Crippen molar-refractivity contribution >= 4 is 17.4 Å². The summed E-state index contributed by atoms with van der Waals surface area (Å²) < 4.78 is 5.72. The number of nitrogens with zero attached hydrogens (tertiary/aromatic N) is 2. The topological polar surface area (TPSA) is 49.9 Å². The van der Waals surface area contributed by atoms with Gasteiger partial charge in [-0.05, 0) is 55.7 Å². The van der Waals surface area contributed by atoms with Crippen LogP contribution in [0.5, 0.6) is 5.75 Å². The van der Waals surface area contributed by atoms with Gasteiger partial charge in [0.15, 0.2) is 0 Å². The van der Waals surface area contributed by atoms with Crippen LogP contribution in [-0.4, -0.2) is 47.4 Å². The lowest BCUT2D eigenvalue weighted by Gasteiger charge is -2.34. The van der Waals surface area contributed by atoms with Crippen LogP contribution in [0.4, 0.5) is 0 Å². The van der Waals surface area contributed by atoms with Crippen LogP contribution in [0.15, 0.2) is 30.0 Å². The molecular weight excluding hydrogens is 388 g/mol. The van der Waals surface area contributed by atoms with Crippen molar-refractivity contribution in [3.63, 3.8) is 0 Å². The molecule has 4 rings (SSSR count). The fraction of sp³-hybridized carbons (Fsp3) is 0.615. The molecule has 2 amide bonds. The van der Waals surface area contributed by atoms with E-state index in [4.69, 9.17) is 4.74 Å². The normalized spacial score (nSPS) is 23.5. The van der Waals surface area contributed by atoms with Gasteiger partial charge in [-0.25, -0.2) is 0 Å². The highest BCUT2D eigenvalue weighted by Crippen LogP contribution is 2.37. The molecule has 31 heavy (non-hydrogen) atoms. The van der Waals surface area contributed by atoms with Gasteiger partial charge in [0.05, 0.1) is 12.2 Å². The molecule has 2 fully saturated rings. The summed E-state index contributed by atoms with van der Waals surface area (Å²) in [5.74, 6) is 1.15. The molecule has 2 heterocycles. The molecule has 5 nitrogen and oxygen atoms in total. The Balaban J connectivity index is 1.69. The van der Waals surface area contributed by atoms with Crippen molar-refractivity contribution < 1.29 is 14.3 Å². The molecule has 0 bridgehead atoms. The highest BCUT2D eigenvalue weighted by Gasteiger charge is 2.45. The van der Waals surface area contributed by atoms with Gasteiger partial charge >= 0.3 is 0 Å². The van der Waals surface area contributed by atoms with E-state index in [1.807, 2.05) is 24.3 Å². The lowest BCUT2D eigenvalue weighted by Crippen LogP contribution is -2.43. The van der Waals surface area contributed by atoms with Gasteiger partial charge in [0.2, 0.25) is 0 Å². The third-order valence-electron chi connectivity index (χ3n) is 6.87. The van der Waals surface area contributed by atoms with Crippen LogP contribution < -0.4 is 4.74 Å². The second-order valence-electron chi connectivity index (χ2n) is 9.42. The number of hydrogen-bond acceptors (Lipinski definition) is 4. The number of ether oxygens (including phenoxy) is 1. The number of piperidine rings is 1. The zero-order chi connectivity index (χ0) is 21.8. The summed E-state index contributed by atoms with van der Waals surface area (Å²) in [7, 11) is 0. The lowest BCUT2D eigenvalue weighted by molar-refractivity contribution is -0.140. The number of likely N-dealkylation sites (tertiary alicyclic amines) is 1. The number of benzene rings is 1. The van der Waals surface area contributed by atoms with Gasteiger partial charge in [-0.1, -0.05) is 51.7 Å². The Morgan fingerprint density at radius 2 is 1.65 bits per heavy atom. The largest absolute Gasteiger partial charge is 0.494 e. The summed E-state index contributed by atoms with van der Waals surface area (Å²) in [6.07, 6.45) is 9.63. The van der Waals surface area contributed by atoms with E-state index < -0.39 is 0 Å². The van der Waals surface area contributed by atoms with Gasteiger partial charge in [-0.3, -0.25) is 14.5 Å². The van der Waals surface area contributed by atoms with E-state index in [-0.39, 0.29) is 17.9 Å². The quantitative estimate of drug-likeness (QED) is 0.476. The van der Waals surface area contributed by atoms with Crippen molar-refractivity contribution in [1.82, 2.24) is 9.80 Å². The van der Waals surface area contributed by atoms with Gasteiger partial charge in [0, 0.05) is 19.1 Å². The van der Waals surface area contributed by atoms with E-state index in [1.54, 1.807) is 4.90 Å². The number of hydrogen-bond donors (Lipinski definition) is 0. The molecule has 5 heteroatoms. The summed E-state index contributed by atoms with van der Waals surface area (Å²) in [6, 6.07) is 7.75. The minimum Gasteiger partial charge on any atom is -0.494 e. The van der Waals surface area contributed by atoms with Gasteiger partial charge in [-0.15, -0.1) is 0 Å². The number of rotatable bonds is 6. The van der Waals surface area contributed by atoms with Crippen LogP contribution in [0.3, 0.4) is 0 Å². The van der Waals surface area contributed by atoms with Gasteiger partial charge in [0.1, 0.15) is 11.4 Å². The molecule has 1 unspecified atom stereocenters. The second-order valence-corrected chi connectivity index (χ2v) is 9.42. The second kappa shape index (κ2) is 9.88. The first kappa shape index (κ1) is 21.9. The van der Waals surface area contributed by atoms with Crippen LogP contribution in [0, 0.1) is 5.92 Å². The highest BCUT2D eigenvalue weighted by molar-refractivity contribution is 6.35. The predicted molar refractivity (Wildman–Crippen MR) is 122 cm³/mol. The van der Waals surface area contributed by atoms with Crippen LogP contribution in [0.1, 0.15) is 77.2 Å². The van der Waals surface area contributed by atoms with Crippen molar-refractivity contribution in [2.24, 2.45) is 5.92 Å². The predicted octanol–water partition coefficient (Wildman–Crippen LogP) is 5.01. The molecule has 2 aliphatic heterocycles. The fourth-order valence-corrected chi connectivity index (χ4v) is 5.27. The molecule has 1 aromatic carbocycles. The molecule has 1 aliphatic carbocycles. The van der Waals surface area contributed by atoms with Crippen molar-refractivity contribution in [3.05, 3.63) is 35.5 Å². The summed E-state index contributed by atoms with van der Waals surface area (Å²) in [5, 5.41) is 0. The van der Waals surface area contributed by atoms with Gasteiger partial charge < -0.3 is 9.64 Å². The molecular formula is C26H36N2O3. The maximum Gasteiger partial charge on any atom is 0.278 e. The third kappa shape index (κ3) is 4.65. The molecule has 1 saturated heterocycles. The van der Waals surface area contributed by atoms with Crippen molar-refractivity contribution in [1.29, 1.82) is 0 Å². The molecule has 3 aliphatic rings. The van der Waals surface area contributed by atoms with E-state index in [0.717, 1.165) is 62.9 Å². The van der Waals surface area contributed by atoms with Crippen molar-refractivity contribution in [3.8, 4) is 5.75 Å². The van der Waals surface area contributed by atoms with Crippen molar-refractivity contribution in [2.45, 2.75) is 77.7 Å². The van der Waals surface area contributed by atoms with E-state index in [2.05, 4.69) is 18.7 Å². The van der Waals surface area contributed by atoms with Gasteiger partial charge in [-0.2, -0.15) is 0 Å². The molecule has 0 N–H and O–H groups in total. The number of carbonyl (C=O) groups is 2. The molecule has 1 saturated carbocycles. The Kier molecular flexibility index (Phi) is 6.99. The molecule has 0 radical (unpaired) electrons. The average molecular weight is 425 g/mol. The average Bonchev–Trinajstić information content (AvgIpc) is 2.93. The standard InChI is InChI=1S/C26H36N2O3/c1-3-17-31-22-14-12-20(13-15-22)23-24(27-16-8-9-19(2)18-27)26(30)28(25(23)29)21-10-6-4-5-7-11-21/h12-15,19,21H,3-11,16-18H2,1-2H3. The lowest BCUT2D eigenvalue weighted by atomic mass is 9.97. The summed E-state index contributed by atoms with van der Waals surface area (Å²) >= 11 is 0. The highest BCUT2D eigenvalue weighted by atomic mass is 16.5. The van der Waals surface area contributed by atoms with Crippen LogP contribution >= 0.6 is 0 Å². The molecule has 0 aromatic heterocycles. The summed E-state index contributed by atoms with van der Waals surface area (Å²) in [6.45, 7) is 6.67. The van der Waals surface area contributed by atoms with Gasteiger partial charge in [0.25, 0.3) is 11.8 Å². The smallest absolute Gasteiger partial charge is 0.278 e. The van der Waals surface area contributed by atoms with Crippen LogP contribution in [-0.2, 0) is 9.59 Å². The summed E-state index contributed by atoms with van der Waals surface area (Å²) in [4.78, 5) is 31.2. The SMILES string of the molecule is CCCOc1ccc(C2=C(N3CCCC(C)C3)C(=O)N(C3CCCCCC3)C2=O)cc1. The van der Waals surface area contributed by atoms with Crippen LogP contribution in [0.25, 0.3) is 5.57 Å². The zero-order valence-electron chi connectivity index (χ0n) is 19.1. The summed E-state index contributed by atoms with van der Waals surface area (Å²) in [5.41, 5.74) is 2.04. The van der Waals surface area contributed by atoms with E-state index in [9.17, 15) is 9.59 Å². The van der Waals surface area contributed by atoms with Crippen LogP contribution in [0.2, 0.25) is 0 Å². The number of imide groups is 1. The Bertz CT molecular complexity index is 822. The maximum atomic E-state index is 13.7. The Morgan fingerprint density at radius 1 is 0.935 bits per heavy atom. The third-order valence-corrected chi connectivity index (χ3v) is 6.87. The zero-order valence-corrected chi connectivity index (χ0v) is 19.1. The van der Waals surface area contributed by atoms with Crippen molar-refractivity contribution in [2.75, 3.05) is 19.7 Å². The monoisotopic (exact) mass is 424 g/mol. The Labute approximate surface area is 186 Å².